The maximum atomic E-state index is 6.52. The maximum Gasteiger partial charge on any atom is 0.124 e. The van der Waals surface area contributed by atoms with Crippen molar-refractivity contribution in [3.05, 3.63) is 58.1 Å². The molecule has 0 saturated carbocycles. The monoisotopic (exact) mass is 283 g/mol. The Morgan fingerprint density at radius 2 is 2.00 bits per heavy atom. The number of nitrogens with two attached hydrogens (primary N) is 1. The standard InChI is InChI=1S/C18H21NO2/c1-11-8-12(2)17(16(9-11)20-3)18(19)14-4-5-15-13(10-14)6-7-21-15/h4-5,8-10,18H,6-7,19H2,1-3H3. The molecule has 1 unspecified atom stereocenters. The fraction of sp³-hybridized carbons (Fsp3) is 0.333. The van der Waals surface area contributed by atoms with Crippen molar-refractivity contribution in [3.63, 3.8) is 0 Å². The molecule has 0 fully saturated rings. The minimum Gasteiger partial charge on any atom is -0.496 e. The lowest BCUT2D eigenvalue weighted by Gasteiger charge is -2.20. The van der Waals surface area contributed by atoms with Gasteiger partial charge in [-0.2, -0.15) is 0 Å². The molecule has 1 atom stereocenters. The van der Waals surface area contributed by atoms with Gasteiger partial charge in [-0.3, -0.25) is 0 Å². The summed E-state index contributed by atoms with van der Waals surface area (Å²) in [6.45, 7) is 4.92. The van der Waals surface area contributed by atoms with E-state index in [1.54, 1.807) is 7.11 Å². The third kappa shape index (κ3) is 2.49. The van der Waals surface area contributed by atoms with Gasteiger partial charge in [-0.05, 0) is 48.2 Å². The van der Waals surface area contributed by atoms with Gasteiger partial charge in [0, 0.05) is 12.0 Å². The minimum absolute atomic E-state index is 0.188. The minimum atomic E-state index is -0.188. The van der Waals surface area contributed by atoms with Crippen LogP contribution in [0.25, 0.3) is 0 Å². The highest BCUT2D eigenvalue weighted by Crippen LogP contribution is 2.35. The molecule has 0 saturated heterocycles. The van der Waals surface area contributed by atoms with E-state index in [0.29, 0.717) is 0 Å². The Morgan fingerprint density at radius 3 is 2.76 bits per heavy atom. The van der Waals surface area contributed by atoms with Crippen molar-refractivity contribution in [2.75, 3.05) is 13.7 Å². The van der Waals surface area contributed by atoms with Crippen LogP contribution < -0.4 is 15.2 Å². The number of benzene rings is 2. The molecule has 1 heterocycles. The summed E-state index contributed by atoms with van der Waals surface area (Å²) in [7, 11) is 1.70. The van der Waals surface area contributed by atoms with Gasteiger partial charge in [0.25, 0.3) is 0 Å². The fourth-order valence-corrected chi connectivity index (χ4v) is 3.07. The van der Waals surface area contributed by atoms with E-state index in [-0.39, 0.29) is 6.04 Å². The van der Waals surface area contributed by atoms with Crippen LogP contribution in [0.5, 0.6) is 11.5 Å². The first-order valence-electron chi connectivity index (χ1n) is 7.26. The molecule has 2 aromatic rings. The average Bonchev–Trinajstić information content (AvgIpc) is 2.93. The Morgan fingerprint density at radius 1 is 1.19 bits per heavy atom. The molecular formula is C18H21NO2. The van der Waals surface area contributed by atoms with Crippen molar-refractivity contribution in [1.82, 2.24) is 0 Å². The van der Waals surface area contributed by atoms with E-state index >= 15 is 0 Å². The molecule has 0 radical (unpaired) electrons. The lowest BCUT2D eigenvalue weighted by Crippen LogP contribution is -2.15. The van der Waals surface area contributed by atoms with E-state index in [1.807, 2.05) is 18.2 Å². The van der Waals surface area contributed by atoms with E-state index in [9.17, 15) is 0 Å². The Kier molecular flexibility index (Phi) is 3.60. The smallest absolute Gasteiger partial charge is 0.124 e. The van der Waals surface area contributed by atoms with E-state index in [2.05, 4.69) is 26.0 Å². The summed E-state index contributed by atoms with van der Waals surface area (Å²) in [6.07, 6.45) is 0.958. The summed E-state index contributed by atoms with van der Waals surface area (Å²) in [4.78, 5) is 0. The van der Waals surface area contributed by atoms with Crippen LogP contribution >= 0.6 is 0 Å². The van der Waals surface area contributed by atoms with Crippen molar-refractivity contribution in [1.29, 1.82) is 0 Å². The van der Waals surface area contributed by atoms with Crippen LogP contribution in [0.1, 0.15) is 33.9 Å². The van der Waals surface area contributed by atoms with Gasteiger partial charge >= 0.3 is 0 Å². The zero-order chi connectivity index (χ0) is 15.0. The molecule has 3 nitrogen and oxygen atoms in total. The molecule has 0 bridgehead atoms. The Labute approximate surface area is 125 Å². The summed E-state index contributed by atoms with van der Waals surface area (Å²) < 4.78 is 11.1. The molecule has 2 aromatic carbocycles. The van der Waals surface area contributed by atoms with Gasteiger partial charge in [-0.25, -0.2) is 0 Å². The first kappa shape index (κ1) is 14.0. The zero-order valence-corrected chi connectivity index (χ0v) is 12.8. The highest BCUT2D eigenvalue weighted by atomic mass is 16.5. The molecule has 21 heavy (non-hydrogen) atoms. The van der Waals surface area contributed by atoms with Crippen molar-refractivity contribution in [2.45, 2.75) is 26.3 Å². The second kappa shape index (κ2) is 5.41. The summed E-state index contributed by atoms with van der Waals surface area (Å²) >= 11 is 0. The van der Waals surface area contributed by atoms with Crippen LogP contribution in [0.15, 0.2) is 30.3 Å². The Bertz CT molecular complexity index is 679. The van der Waals surface area contributed by atoms with Gasteiger partial charge in [0.15, 0.2) is 0 Å². The maximum absolute atomic E-state index is 6.52. The Balaban J connectivity index is 2.04. The number of rotatable bonds is 3. The molecule has 110 valence electrons. The van der Waals surface area contributed by atoms with Crippen LogP contribution in [-0.2, 0) is 6.42 Å². The van der Waals surface area contributed by atoms with Crippen molar-refractivity contribution < 1.29 is 9.47 Å². The fourth-order valence-electron chi connectivity index (χ4n) is 3.07. The number of hydrogen-bond acceptors (Lipinski definition) is 3. The predicted molar refractivity (Wildman–Crippen MR) is 84.1 cm³/mol. The first-order chi connectivity index (χ1) is 10.1. The topological polar surface area (TPSA) is 44.5 Å². The normalized spacial score (nSPS) is 14.5. The summed E-state index contributed by atoms with van der Waals surface area (Å²) in [5.74, 6) is 1.84. The lowest BCUT2D eigenvalue weighted by molar-refractivity contribution is 0.357. The van der Waals surface area contributed by atoms with E-state index in [1.165, 1.54) is 11.1 Å². The van der Waals surface area contributed by atoms with Gasteiger partial charge in [-0.15, -0.1) is 0 Å². The SMILES string of the molecule is COc1cc(C)cc(C)c1C(N)c1ccc2c(c1)CCO2. The molecule has 0 aliphatic carbocycles. The molecule has 1 aliphatic rings. The van der Waals surface area contributed by atoms with Crippen LogP contribution in [0.4, 0.5) is 0 Å². The molecular weight excluding hydrogens is 262 g/mol. The number of ether oxygens (including phenoxy) is 2. The number of hydrogen-bond donors (Lipinski definition) is 1. The van der Waals surface area contributed by atoms with Crippen molar-refractivity contribution in [3.8, 4) is 11.5 Å². The molecule has 3 rings (SSSR count). The average molecular weight is 283 g/mol. The number of aryl methyl sites for hydroxylation is 2. The van der Waals surface area contributed by atoms with Gasteiger partial charge in [0.2, 0.25) is 0 Å². The highest BCUT2D eigenvalue weighted by molar-refractivity contribution is 5.50. The number of fused-ring (bicyclic) bond motifs is 1. The first-order valence-corrected chi connectivity index (χ1v) is 7.26. The van der Waals surface area contributed by atoms with E-state index in [0.717, 1.165) is 41.2 Å². The third-order valence-corrected chi connectivity index (χ3v) is 4.10. The molecule has 2 N–H and O–H groups in total. The van der Waals surface area contributed by atoms with E-state index < -0.39 is 0 Å². The van der Waals surface area contributed by atoms with Crippen LogP contribution in [-0.4, -0.2) is 13.7 Å². The second-order valence-electron chi connectivity index (χ2n) is 5.64. The predicted octanol–water partition coefficient (Wildman–Crippen LogP) is 3.30. The van der Waals surface area contributed by atoms with E-state index in [4.69, 9.17) is 15.2 Å². The van der Waals surface area contributed by atoms with Gasteiger partial charge in [0.05, 0.1) is 19.8 Å². The summed E-state index contributed by atoms with van der Waals surface area (Å²) in [5, 5.41) is 0. The molecule has 0 aromatic heterocycles. The highest BCUT2D eigenvalue weighted by Gasteiger charge is 2.20. The number of methoxy groups -OCH3 is 1. The van der Waals surface area contributed by atoms with Crippen molar-refractivity contribution >= 4 is 0 Å². The molecule has 3 heteroatoms. The lowest BCUT2D eigenvalue weighted by atomic mass is 9.92. The van der Waals surface area contributed by atoms with Crippen molar-refractivity contribution in [2.24, 2.45) is 5.73 Å². The molecule has 1 aliphatic heterocycles. The second-order valence-corrected chi connectivity index (χ2v) is 5.64. The largest absolute Gasteiger partial charge is 0.496 e. The molecule has 0 amide bonds. The summed E-state index contributed by atoms with van der Waals surface area (Å²) in [5.41, 5.74) is 12.3. The quantitative estimate of drug-likeness (QED) is 0.940. The van der Waals surface area contributed by atoms with Gasteiger partial charge < -0.3 is 15.2 Å². The van der Waals surface area contributed by atoms with Gasteiger partial charge in [-0.1, -0.05) is 18.2 Å². The zero-order valence-electron chi connectivity index (χ0n) is 12.8. The Hall–Kier alpha value is -2.00. The van der Waals surface area contributed by atoms with Crippen LogP contribution in [0.2, 0.25) is 0 Å². The van der Waals surface area contributed by atoms with Crippen LogP contribution in [0, 0.1) is 13.8 Å². The third-order valence-electron chi connectivity index (χ3n) is 4.10. The van der Waals surface area contributed by atoms with Crippen LogP contribution in [0.3, 0.4) is 0 Å². The molecule has 0 spiro atoms. The summed E-state index contributed by atoms with van der Waals surface area (Å²) in [6, 6.07) is 10.2. The van der Waals surface area contributed by atoms with Gasteiger partial charge in [0.1, 0.15) is 11.5 Å².